The molecule has 0 aliphatic heterocycles. The zero-order valence-electron chi connectivity index (χ0n) is 17.8. The highest BCUT2D eigenvalue weighted by atomic mass is 79.9. The molecule has 0 aliphatic carbocycles. The molecule has 2 N–H and O–H groups in total. The molecule has 0 spiro atoms. The van der Waals surface area contributed by atoms with Gasteiger partial charge in [-0.05, 0) is 70.9 Å². The average molecular weight is 596 g/mol. The lowest BCUT2D eigenvalue weighted by Gasteiger charge is -2.15. The summed E-state index contributed by atoms with van der Waals surface area (Å²) in [5, 5.41) is 7.71. The Morgan fingerprint density at radius 3 is 2.58 bits per heavy atom. The maximum Gasteiger partial charge on any atom is 0.259 e. The molecule has 0 bridgehead atoms. The molecule has 0 aliphatic rings. The summed E-state index contributed by atoms with van der Waals surface area (Å²) < 4.78 is 13.4. The minimum absolute atomic E-state index is 0.0989. The number of carbonyl (C=O) groups excluding carboxylic acids is 1. The Bertz CT molecular complexity index is 1120. The van der Waals surface area contributed by atoms with E-state index in [9.17, 15) is 4.79 Å². The first-order chi connectivity index (χ1) is 16.0. The molecular weight excluding hydrogens is 574 g/mol. The second-order valence-electron chi connectivity index (χ2n) is 6.80. The van der Waals surface area contributed by atoms with Crippen molar-refractivity contribution in [1.29, 1.82) is 0 Å². The number of hydrogen-bond acceptors (Lipinski definition) is 5. The highest BCUT2D eigenvalue weighted by molar-refractivity contribution is 9.10. The van der Waals surface area contributed by atoms with Gasteiger partial charge in [0.2, 0.25) is 0 Å². The van der Waals surface area contributed by atoms with Crippen molar-refractivity contribution in [2.75, 3.05) is 18.5 Å². The van der Waals surface area contributed by atoms with E-state index in [-0.39, 0.29) is 12.5 Å². The predicted molar refractivity (Wildman–Crippen MR) is 139 cm³/mol. The van der Waals surface area contributed by atoms with Crippen molar-refractivity contribution >= 4 is 61.3 Å². The summed E-state index contributed by atoms with van der Waals surface area (Å²) in [6, 6.07) is 18.7. The summed E-state index contributed by atoms with van der Waals surface area (Å²) in [7, 11) is 0. The minimum atomic E-state index is -0.266. The predicted octanol–water partition coefficient (Wildman–Crippen LogP) is 6.40. The van der Waals surface area contributed by atoms with E-state index < -0.39 is 0 Å². The van der Waals surface area contributed by atoms with Crippen LogP contribution in [0.1, 0.15) is 18.1 Å². The second kappa shape index (κ2) is 12.6. The third-order valence-corrected chi connectivity index (χ3v) is 5.85. The van der Waals surface area contributed by atoms with E-state index in [1.807, 2.05) is 61.5 Å². The van der Waals surface area contributed by atoms with Gasteiger partial charge in [0.1, 0.15) is 6.61 Å². The van der Waals surface area contributed by atoms with Crippen LogP contribution in [-0.2, 0) is 11.4 Å². The normalized spacial score (nSPS) is 10.8. The number of hydrazone groups is 1. The fraction of sp³-hybridized carbons (Fsp3) is 0.167. The quantitative estimate of drug-likeness (QED) is 0.210. The van der Waals surface area contributed by atoms with Gasteiger partial charge in [-0.2, -0.15) is 5.10 Å². The summed E-state index contributed by atoms with van der Waals surface area (Å²) in [4.78, 5) is 12.1. The number of ether oxygens (including phenoxy) is 2. The third-order valence-electron chi connectivity index (χ3n) is 4.36. The summed E-state index contributed by atoms with van der Waals surface area (Å²) in [6.45, 7) is 2.76. The number of halogens is 3. The zero-order valence-corrected chi connectivity index (χ0v) is 21.7. The van der Waals surface area contributed by atoms with Crippen LogP contribution in [0.3, 0.4) is 0 Å². The van der Waals surface area contributed by atoms with Gasteiger partial charge in [0.05, 0.1) is 23.8 Å². The van der Waals surface area contributed by atoms with E-state index in [2.05, 4.69) is 47.7 Å². The number of benzene rings is 3. The second-order valence-corrected chi connectivity index (χ2v) is 8.97. The van der Waals surface area contributed by atoms with Crippen LogP contribution in [0, 0.1) is 0 Å². The number of amides is 1. The molecule has 9 heteroatoms. The van der Waals surface area contributed by atoms with E-state index in [0.29, 0.717) is 34.2 Å². The van der Waals surface area contributed by atoms with Gasteiger partial charge in [0.25, 0.3) is 5.91 Å². The van der Waals surface area contributed by atoms with Crippen LogP contribution in [0.5, 0.6) is 11.5 Å². The van der Waals surface area contributed by atoms with Crippen LogP contribution in [0.25, 0.3) is 0 Å². The van der Waals surface area contributed by atoms with Crippen molar-refractivity contribution in [3.63, 3.8) is 0 Å². The largest absolute Gasteiger partial charge is 0.490 e. The lowest BCUT2D eigenvalue weighted by molar-refractivity contribution is -0.119. The van der Waals surface area contributed by atoms with Crippen molar-refractivity contribution < 1.29 is 14.3 Å². The van der Waals surface area contributed by atoms with E-state index in [4.69, 9.17) is 21.1 Å². The van der Waals surface area contributed by atoms with Crippen LogP contribution < -0.4 is 20.2 Å². The van der Waals surface area contributed by atoms with Crippen molar-refractivity contribution in [2.24, 2.45) is 5.10 Å². The molecule has 33 heavy (non-hydrogen) atoms. The molecule has 6 nitrogen and oxygen atoms in total. The maximum absolute atomic E-state index is 12.1. The van der Waals surface area contributed by atoms with Gasteiger partial charge in [0, 0.05) is 20.7 Å². The highest BCUT2D eigenvalue weighted by Crippen LogP contribution is 2.37. The SMILES string of the molecule is CCOc1cc(/C=N\NC(=O)CNc2ccc(Br)cc2)cc(Br)c1OCc1ccccc1Cl. The summed E-state index contributed by atoms with van der Waals surface area (Å²) in [5.74, 6) is 0.859. The molecule has 0 heterocycles. The van der Waals surface area contributed by atoms with E-state index in [1.165, 1.54) is 0 Å². The average Bonchev–Trinajstić information content (AvgIpc) is 2.79. The molecule has 0 aromatic heterocycles. The maximum atomic E-state index is 12.1. The molecular formula is C24H22Br2ClN3O3. The Kier molecular flexibility index (Phi) is 9.60. The van der Waals surface area contributed by atoms with Crippen LogP contribution >= 0.6 is 43.5 Å². The Hall–Kier alpha value is -2.55. The fourth-order valence-corrected chi connectivity index (χ4v) is 3.83. The van der Waals surface area contributed by atoms with Gasteiger partial charge in [-0.3, -0.25) is 4.79 Å². The van der Waals surface area contributed by atoms with Crippen LogP contribution in [0.4, 0.5) is 5.69 Å². The monoisotopic (exact) mass is 593 g/mol. The fourth-order valence-electron chi connectivity index (χ4n) is 2.80. The minimum Gasteiger partial charge on any atom is -0.490 e. The van der Waals surface area contributed by atoms with Crippen molar-refractivity contribution in [2.45, 2.75) is 13.5 Å². The Morgan fingerprint density at radius 1 is 1.09 bits per heavy atom. The molecule has 0 fully saturated rings. The molecule has 0 saturated heterocycles. The number of carbonyl (C=O) groups is 1. The van der Waals surface area contributed by atoms with Gasteiger partial charge >= 0.3 is 0 Å². The topological polar surface area (TPSA) is 72.0 Å². The molecule has 1 amide bonds. The van der Waals surface area contributed by atoms with Gasteiger partial charge in [-0.25, -0.2) is 5.43 Å². The lowest BCUT2D eigenvalue weighted by Crippen LogP contribution is -2.25. The van der Waals surface area contributed by atoms with Gasteiger partial charge in [-0.1, -0.05) is 45.7 Å². The number of anilines is 1. The molecule has 3 rings (SSSR count). The first-order valence-electron chi connectivity index (χ1n) is 10.1. The Labute approximate surface area is 214 Å². The third kappa shape index (κ3) is 7.77. The highest BCUT2D eigenvalue weighted by Gasteiger charge is 2.13. The number of rotatable bonds is 10. The number of hydrogen-bond donors (Lipinski definition) is 2. The van der Waals surface area contributed by atoms with Crippen LogP contribution in [0.15, 0.2) is 74.7 Å². The lowest BCUT2D eigenvalue weighted by atomic mass is 10.2. The first-order valence-corrected chi connectivity index (χ1v) is 12.1. The molecule has 0 saturated carbocycles. The molecule has 0 atom stereocenters. The summed E-state index contributed by atoms with van der Waals surface area (Å²) in [6.07, 6.45) is 1.54. The molecule has 0 unspecified atom stereocenters. The van der Waals surface area contributed by atoms with Crippen LogP contribution in [-0.4, -0.2) is 25.3 Å². The van der Waals surface area contributed by atoms with Crippen molar-refractivity contribution in [1.82, 2.24) is 5.43 Å². The first kappa shape index (κ1) is 25.1. The standard InChI is InChI=1S/C24H22Br2ClN3O3/c1-2-32-22-12-16(11-20(26)24(22)33-15-17-5-3-4-6-21(17)27)13-29-30-23(31)14-28-19-9-7-18(25)8-10-19/h3-13,28H,2,14-15H2,1H3,(H,30,31)/b29-13-. The molecule has 3 aromatic carbocycles. The van der Waals surface area contributed by atoms with Crippen LogP contribution in [0.2, 0.25) is 5.02 Å². The number of nitrogens with zero attached hydrogens (tertiary/aromatic N) is 1. The zero-order chi connectivity index (χ0) is 23.6. The van der Waals surface area contributed by atoms with Gasteiger partial charge in [0.15, 0.2) is 11.5 Å². The molecule has 0 radical (unpaired) electrons. The van der Waals surface area contributed by atoms with E-state index in [1.54, 1.807) is 12.3 Å². The molecule has 3 aromatic rings. The molecule has 172 valence electrons. The van der Waals surface area contributed by atoms with E-state index in [0.717, 1.165) is 21.3 Å². The number of nitrogens with one attached hydrogen (secondary N) is 2. The Balaban J connectivity index is 1.61. The smallest absolute Gasteiger partial charge is 0.259 e. The Morgan fingerprint density at radius 2 is 1.85 bits per heavy atom. The van der Waals surface area contributed by atoms with Crippen molar-refractivity contribution in [3.05, 3.63) is 85.8 Å². The van der Waals surface area contributed by atoms with Gasteiger partial charge < -0.3 is 14.8 Å². The van der Waals surface area contributed by atoms with E-state index >= 15 is 0 Å². The van der Waals surface area contributed by atoms with Gasteiger partial charge in [-0.15, -0.1) is 0 Å². The summed E-state index contributed by atoms with van der Waals surface area (Å²) >= 11 is 13.1. The summed E-state index contributed by atoms with van der Waals surface area (Å²) in [5.41, 5.74) is 4.96. The van der Waals surface area contributed by atoms with Crippen molar-refractivity contribution in [3.8, 4) is 11.5 Å².